The molecule has 1 heterocycles. The number of hydrogen-bond donors (Lipinski definition) is 1. The van der Waals surface area contributed by atoms with Crippen molar-refractivity contribution >= 4 is 5.91 Å². The van der Waals surface area contributed by atoms with Gasteiger partial charge < -0.3 is 14.8 Å². The largest absolute Gasteiger partial charge is 0.484 e. The Morgan fingerprint density at radius 3 is 2.26 bits per heavy atom. The van der Waals surface area contributed by atoms with E-state index in [4.69, 9.17) is 9.47 Å². The molecule has 0 aliphatic carbocycles. The first-order valence-corrected chi connectivity index (χ1v) is 8.83. The molecule has 1 aromatic heterocycles. The van der Waals surface area contributed by atoms with Crippen LogP contribution in [0.1, 0.15) is 11.3 Å². The van der Waals surface area contributed by atoms with Gasteiger partial charge in [0.2, 0.25) is 0 Å². The van der Waals surface area contributed by atoms with Crippen LogP contribution in [0.4, 0.5) is 0 Å². The minimum Gasteiger partial charge on any atom is -0.484 e. The Bertz CT molecular complexity index is 847. The maximum absolute atomic E-state index is 11.9. The summed E-state index contributed by atoms with van der Waals surface area (Å²) in [4.78, 5) is 16.1. The van der Waals surface area contributed by atoms with Crippen molar-refractivity contribution in [3.05, 3.63) is 84.2 Å². The van der Waals surface area contributed by atoms with Crippen LogP contribution >= 0.6 is 0 Å². The van der Waals surface area contributed by atoms with Crippen molar-refractivity contribution in [2.75, 3.05) is 13.2 Å². The number of rotatable bonds is 8. The van der Waals surface area contributed by atoms with E-state index in [0.717, 1.165) is 11.4 Å². The second-order valence-electron chi connectivity index (χ2n) is 6.10. The highest BCUT2D eigenvalue weighted by atomic mass is 16.5. The van der Waals surface area contributed by atoms with Crippen molar-refractivity contribution in [1.82, 2.24) is 10.3 Å². The first kappa shape index (κ1) is 18.5. The Labute approximate surface area is 159 Å². The highest BCUT2D eigenvalue weighted by Crippen LogP contribution is 2.24. The number of carbonyl (C=O) groups is 1. The third-order valence-corrected chi connectivity index (χ3v) is 3.88. The van der Waals surface area contributed by atoms with Gasteiger partial charge in [-0.1, -0.05) is 23.8 Å². The fourth-order valence-electron chi connectivity index (χ4n) is 2.42. The van der Waals surface area contributed by atoms with E-state index in [9.17, 15) is 4.79 Å². The highest BCUT2D eigenvalue weighted by Gasteiger charge is 2.04. The second kappa shape index (κ2) is 9.38. The molecule has 27 heavy (non-hydrogen) atoms. The van der Waals surface area contributed by atoms with Gasteiger partial charge in [-0.25, -0.2) is 0 Å². The Morgan fingerprint density at radius 1 is 0.926 bits per heavy atom. The molecule has 0 bridgehead atoms. The number of carbonyl (C=O) groups excluding carboxylic acids is 1. The first-order valence-electron chi connectivity index (χ1n) is 8.83. The Hall–Kier alpha value is -3.34. The molecule has 0 atom stereocenters. The average molecular weight is 362 g/mol. The summed E-state index contributed by atoms with van der Waals surface area (Å²) in [7, 11) is 0. The lowest BCUT2D eigenvalue weighted by atomic mass is 10.2. The Morgan fingerprint density at radius 2 is 1.59 bits per heavy atom. The monoisotopic (exact) mass is 362 g/mol. The number of benzene rings is 2. The molecule has 1 N–H and O–H groups in total. The first-order chi connectivity index (χ1) is 13.2. The SMILES string of the molecule is Cc1ccc(Oc2ccc(OCC(=O)NCCc3ccccn3)cc2)cc1. The summed E-state index contributed by atoms with van der Waals surface area (Å²) in [6.45, 7) is 2.54. The molecule has 138 valence electrons. The molecule has 0 radical (unpaired) electrons. The van der Waals surface area contributed by atoms with E-state index in [1.807, 2.05) is 61.5 Å². The number of nitrogens with zero attached hydrogens (tertiary/aromatic N) is 1. The number of ether oxygens (including phenoxy) is 2. The summed E-state index contributed by atoms with van der Waals surface area (Å²) in [6, 6.07) is 20.8. The van der Waals surface area contributed by atoms with Crippen molar-refractivity contribution in [2.24, 2.45) is 0 Å². The van der Waals surface area contributed by atoms with Crippen LogP contribution in [0, 0.1) is 6.92 Å². The zero-order valence-corrected chi connectivity index (χ0v) is 15.2. The topological polar surface area (TPSA) is 60.5 Å². The molecule has 0 fully saturated rings. The third-order valence-electron chi connectivity index (χ3n) is 3.88. The minimum absolute atomic E-state index is 0.0274. The predicted molar refractivity (Wildman–Crippen MR) is 104 cm³/mol. The van der Waals surface area contributed by atoms with Crippen LogP contribution in [0.15, 0.2) is 72.9 Å². The van der Waals surface area contributed by atoms with Crippen molar-refractivity contribution in [1.29, 1.82) is 0 Å². The third kappa shape index (κ3) is 6.15. The average Bonchev–Trinajstić information content (AvgIpc) is 2.70. The lowest BCUT2D eigenvalue weighted by Gasteiger charge is -2.09. The van der Waals surface area contributed by atoms with Crippen LogP contribution in [-0.4, -0.2) is 24.0 Å². The van der Waals surface area contributed by atoms with Crippen LogP contribution in [0.5, 0.6) is 17.2 Å². The van der Waals surface area contributed by atoms with Gasteiger partial charge in [-0.15, -0.1) is 0 Å². The van der Waals surface area contributed by atoms with Gasteiger partial charge in [0.15, 0.2) is 6.61 Å². The smallest absolute Gasteiger partial charge is 0.257 e. The van der Waals surface area contributed by atoms with Crippen LogP contribution in [0.2, 0.25) is 0 Å². The number of amides is 1. The maximum Gasteiger partial charge on any atom is 0.257 e. The lowest BCUT2D eigenvalue weighted by molar-refractivity contribution is -0.123. The van der Waals surface area contributed by atoms with E-state index in [1.165, 1.54) is 5.56 Å². The molecular formula is C22H22N2O3. The van der Waals surface area contributed by atoms with Gasteiger partial charge in [-0.2, -0.15) is 0 Å². The van der Waals surface area contributed by atoms with Crippen LogP contribution in [-0.2, 0) is 11.2 Å². The van der Waals surface area contributed by atoms with E-state index < -0.39 is 0 Å². The molecule has 3 aromatic rings. The van der Waals surface area contributed by atoms with Gasteiger partial charge in [-0.05, 0) is 55.5 Å². The van der Waals surface area contributed by atoms with E-state index in [0.29, 0.717) is 24.5 Å². The molecule has 3 rings (SSSR count). The number of hydrogen-bond acceptors (Lipinski definition) is 4. The van der Waals surface area contributed by atoms with Crippen molar-refractivity contribution in [3.63, 3.8) is 0 Å². The van der Waals surface area contributed by atoms with Crippen molar-refractivity contribution in [3.8, 4) is 17.2 Å². The number of aryl methyl sites for hydroxylation is 1. The fraction of sp³-hybridized carbons (Fsp3) is 0.182. The summed E-state index contributed by atoms with van der Waals surface area (Å²) in [6.07, 6.45) is 2.43. The van der Waals surface area contributed by atoms with E-state index in [-0.39, 0.29) is 12.5 Å². The molecule has 0 saturated carbocycles. The Balaban J connectivity index is 1.40. The summed E-state index contributed by atoms with van der Waals surface area (Å²) < 4.78 is 11.3. The minimum atomic E-state index is -0.161. The fourth-order valence-corrected chi connectivity index (χ4v) is 2.42. The quantitative estimate of drug-likeness (QED) is 0.660. The summed E-state index contributed by atoms with van der Waals surface area (Å²) >= 11 is 0. The normalized spacial score (nSPS) is 10.3. The van der Waals surface area contributed by atoms with Crippen LogP contribution in [0.3, 0.4) is 0 Å². The van der Waals surface area contributed by atoms with Gasteiger partial charge in [0, 0.05) is 24.9 Å². The highest BCUT2D eigenvalue weighted by molar-refractivity contribution is 5.77. The van der Waals surface area contributed by atoms with E-state index in [1.54, 1.807) is 18.3 Å². The molecule has 5 heteroatoms. The zero-order valence-electron chi connectivity index (χ0n) is 15.2. The van der Waals surface area contributed by atoms with E-state index in [2.05, 4.69) is 10.3 Å². The molecule has 0 aliphatic rings. The number of nitrogens with one attached hydrogen (secondary N) is 1. The molecule has 0 unspecified atom stereocenters. The van der Waals surface area contributed by atoms with E-state index >= 15 is 0 Å². The number of pyridine rings is 1. The van der Waals surface area contributed by atoms with Crippen LogP contribution < -0.4 is 14.8 Å². The van der Waals surface area contributed by atoms with Gasteiger partial charge >= 0.3 is 0 Å². The zero-order chi connectivity index (χ0) is 18.9. The van der Waals surface area contributed by atoms with Crippen molar-refractivity contribution < 1.29 is 14.3 Å². The second-order valence-corrected chi connectivity index (χ2v) is 6.10. The molecule has 0 aliphatic heterocycles. The molecule has 0 spiro atoms. The van der Waals surface area contributed by atoms with Crippen LogP contribution in [0.25, 0.3) is 0 Å². The molecular weight excluding hydrogens is 340 g/mol. The van der Waals surface area contributed by atoms with Gasteiger partial charge in [0.05, 0.1) is 0 Å². The van der Waals surface area contributed by atoms with Gasteiger partial charge in [0.25, 0.3) is 5.91 Å². The predicted octanol–water partition coefficient (Wildman–Crippen LogP) is 3.92. The summed E-state index contributed by atoms with van der Waals surface area (Å²) in [5.41, 5.74) is 2.13. The Kier molecular flexibility index (Phi) is 6.41. The van der Waals surface area contributed by atoms with Gasteiger partial charge in [-0.3, -0.25) is 9.78 Å². The summed E-state index contributed by atoms with van der Waals surface area (Å²) in [5, 5.41) is 2.82. The molecule has 2 aromatic carbocycles. The van der Waals surface area contributed by atoms with Crippen molar-refractivity contribution in [2.45, 2.75) is 13.3 Å². The standard InChI is InChI=1S/C22H22N2O3/c1-17-5-7-20(8-6-17)27-21-11-9-19(10-12-21)26-16-22(25)24-15-13-18-4-2-3-14-23-18/h2-12,14H,13,15-16H2,1H3,(H,24,25). The lowest BCUT2D eigenvalue weighted by Crippen LogP contribution is -2.30. The molecule has 0 saturated heterocycles. The summed E-state index contributed by atoms with van der Waals surface area (Å²) in [5.74, 6) is 1.95. The maximum atomic E-state index is 11.9. The van der Waals surface area contributed by atoms with Gasteiger partial charge in [0.1, 0.15) is 17.2 Å². The molecule has 1 amide bonds. The molecule has 5 nitrogen and oxygen atoms in total. The number of aromatic nitrogens is 1.